The van der Waals surface area contributed by atoms with Gasteiger partial charge >= 0.3 is 0 Å². The van der Waals surface area contributed by atoms with Crippen molar-refractivity contribution in [1.29, 1.82) is 0 Å². The number of sulfonamides is 1. The van der Waals surface area contributed by atoms with Gasteiger partial charge in [0.25, 0.3) is 0 Å². The molecule has 0 aliphatic heterocycles. The predicted octanol–water partition coefficient (Wildman–Crippen LogP) is 2.95. The number of rotatable bonds is 9. The van der Waals surface area contributed by atoms with E-state index in [1.807, 2.05) is 56.3 Å². The lowest BCUT2D eigenvalue weighted by molar-refractivity contribution is -0.122. The molecule has 0 radical (unpaired) electrons. The van der Waals surface area contributed by atoms with Crippen LogP contribution in [0.3, 0.4) is 0 Å². The molecule has 0 aliphatic carbocycles. The summed E-state index contributed by atoms with van der Waals surface area (Å²) in [5.74, 6) is -0.364. The maximum Gasteiger partial charge on any atom is 0.244 e. The smallest absolute Gasteiger partial charge is 0.244 e. The van der Waals surface area contributed by atoms with Crippen LogP contribution in [0.5, 0.6) is 0 Å². The van der Waals surface area contributed by atoms with Gasteiger partial charge in [0.15, 0.2) is 0 Å². The summed E-state index contributed by atoms with van der Waals surface area (Å²) in [6.07, 6.45) is 0. The van der Waals surface area contributed by atoms with E-state index in [4.69, 9.17) is 4.74 Å². The average Bonchev–Trinajstić information content (AvgIpc) is 2.61. The van der Waals surface area contributed by atoms with Crippen LogP contribution in [0.25, 0.3) is 0 Å². The Morgan fingerprint density at radius 2 is 1.69 bits per heavy atom. The minimum Gasteiger partial charge on any atom is -0.383 e. The first-order valence-electron chi connectivity index (χ1n) is 9.55. The van der Waals surface area contributed by atoms with Crippen LogP contribution in [0, 0.1) is 20.8 Å². The van der Waals surface area contributed by atoms with E-state index in [2.05, 4.69) is 5.32 Å². The van der Waals surface area contributed by atoms with Crippen molar-refractivity contribution >= 4 is 15.9 Å². The Balaban J connectivity index is 2.39. The Hall–Kier alpha value is -2.22. The lowest BCUT2D eigenvalue weighted by Gasteiger charge is -2.25. The molecule has 0 saturated carbocycles. The second kappa shape index (κ2) is 10.0. The van der Waals surface area contributed by atoms with Crippen molar-refractivity contribution in [3.05, 3.63) is 64.7 Å². The van der Waals surface area contributed by atoms with Crippen LogP contribution >= 0.6 is 0 Å². The van der Waals surface area contributed by atoms with Crippen LogP contribution in [0.2, 0.25) is 0 Å². The maximum absolute atomic E-state index is 13.6. The van der Waals surface area contributed by atoms with Gasteiger partial charge in [0.1, 0.15) is 0 Å². The lowest BCUT2D eigenvalue weighted by atomic mass is 10.1. The van der Waals surface area contributed by atoms with Crippen molar-refractivity contribution in [2.75, 3.05) is 20.3 Å². The quantitative estimate of drug-likeness (QED) is 0.679. The Kier molecular flexibility index (Phi) is 7.96. The average molecular weight is 419 g/mol. The van der Waals surface area contributed by atoms with E-state index < -0.39 is 10.0 Å². The van der Waals surface area contributed by atoms with Crippen molar-refractivity contribution in [1.82, 2.24) is 9.62 Å². The Labute approximate surface area is 173 Å². The molecule has 0 fully saturated rings. The molecule has 0 aliphatic rings. The number of aryl methyl sites for hydroxylation is 3. The van der Waals surface area contributed by atoms with Gasteiger partial charge in [-0.25, -0.2) is 8.42 Å². The van der Waals surface area contributed by atoms with E-state index in [9.17, 15) is 13.2 Å². The predicted molar refractivity (Wildman–Crippen MR) is 114 cm³/mol. The number of ether oxygens (including phenoxy) is 1. The molecule has 1 amide bonds. The topological polar surface area (TPSA) is 75.7 Å². The third-order valence-electron chi connectivity index (χ3n) is 4.55. The molecule has 158 valence electrons. The zero-order valence-corrected chi connectivity index (χ0v) is 18.5. The van der Waals surface area contributed by atoms with Gasteiger partial charge in [0.2, 0.25) is 15.9 Å². The van der Waals surface area contributed by atoms with E-state index in [-0.39, 0.29) is 29.9 Å². The molecule has 2 rings (SSSR count). The zero-order valence-electron chi connectivity index (χ0n) is 17.7. The van der Waals surface area contributed by atoms with Crippen molar-refractivity contribution in [2.24, 2.45) is 0 Å². The van der Waals surface area contributed by atoms with Crippen LogP contribution in [-0.2, 0) is 26.1 Å². The number of carbonyl (C=O) groups is 1. The van der Waals surface area contributed by atoms with Gasteiger partial charge in [0.05, 0.1) is 18.0 Å². The normalized spacial score (nSPS) is 12.8. The second-order valence-electron chi connectivity index (χ2n) is 7.41. The molecule has 2 aromatic rings. The van der Waals surface area contributed by atoms with Crippen LogP contribution in [0.15, 0.2) is 47.4 Å². The molecule has 7 heteroatoms. The van der Waals surface area contributed by atoms with Crippen molar-refractivity contribution in [2.45, 2.75) is 45.2 Å². The fraction of sp³-hybridized carbons (Fsp3) is 0.409. The van der Waals surface area contributed by atoms with Crippen LogP contribution in [-0.4, -0.2) is 44.9 Å². The highest BCUT2D eigenvalue weighted by atomic mass is 32.2. The fourth-order valence-corrected chi connectivity index (χ4v) is 5.28. The third kappa shape index (κ3) is 6.13. The largest absolute Gasteiger partial charge is 0.383 e. The molecule has 0 unspecified atom stereocenters. The number of amides is 1. The fourth-order valence-electron chi connectivity index (χ4n) is 3.49. The molecule has 0 aromatic heterocycles. The maximum atomic E-state index is 13.6. The highest BCUT2D eigenvalue weighted by Gasteiger charge is 2.30. The summed E-state index contributed by atoms with van der Waals surface area (Å²) >= 11 is 0. The molecule has 1 N–H and O–H groups in total. The molecule has 1 atom stereocenters. The van der Waals surface area contributed by atoms with Gasteiger partial charge in [-0.2, -0.15) is 4.31 Å². The SMILES string of the molecule is COC[C@H](C)NC(=O)CN(Cc1ccccc1)S(=O)(=O)c1c(C)cc(C)cc1C. The summed E-state index contributed by atoms with van der Waals surface area (Å²) < 4.78 is 33.4. The highest BCUT2D eigenvalue weighted by molar-refractivity contribution is 7.89. The van der Waals surface area contributed by atoms with Crippen molar-refractivity contribution in [3.63, 3.8) is 0 Å². The summed E-state index contributed by atoms with van der Waals surface area (Å²) in [6, 6.07) is 12.8. The van der Waals surface area contributed by atoms with E-state index >= 15 is 0 Å². The second-order valence-corrected chi connectivity index (χ2v) is 9.29. The van der Waals surface area contributed by atoms with Gasteiger partial charge < -0.3 is 10.1 Å². The van der Waals surface area contributed by atoms with Crippen LogP contribution in [0.1, 0.15) is 29.2 Å². The van der Waals surface area contributed by atoms with Gasteiger partial charge in [-0.15, -0.1) is 0 Å². The van der Waals surface area contributed by atoms with Crippen LogP contribution in [0.4, 0.5) is 0 Å². The lowest BCUT2D eigenvalue weighted by Crippen LogP contribution is -2.44. The summed E-state index contributed by atoms with van der Waals surface area (Å²) in [5, 5.41) is 2.79. The number of carbonyl (C=O) groups excluding carboxylic acids is 1. The first-order chi connectivity index (χ1) is 13.6. The standard InChI is InChI=1S/C22H30N2O4S/c1-16-11-17(2)22(18(3)12-16)29(26,27)24(13-20-9-7-6-8-10-20)14-21(25)23-19(4)15-28-5/h6-12,19H,13-15H2,1-5H3,(H,23,25)/t19-/m0/s1. The number of nitrogens with zero attached hydrogens (tertiary/aromatic N) is 1. The van der Waals surface area contributed by atoms with Gasteiger partial charge in [-0.1, -0.05) is 48.0 Å². The minimum atomic E-state index is -3.88. The summed E-state index contributed by atoms with van der Waals surface area (Å²) in [6.45, 7) is 7.52. The summed E-state index contributed by atoms with van der Waals surface area (Å²) in [5.41, 5.74) is 3.17. The molecular weight excluding hydrogens is 388 g/mol. The van der Waals surface area contributed by atoms with Gasteiger partial charge in [0, 0.05) is 19.7 Å². The summed E-state index contributed by atoms with van der Waals surface area (Å²) in [4.78, 5) is 12.8. The molecule has 0 spiro atoms. The number of hydrogen-bond acceptors (Lipinski definition) is 4. The van der Waals surface area contributed by atoms with E-state index in [0.717, 1.165) is 11.1 Å². The molecule has 6 nitrogen and oxygen atoms in total. The molecule has 2 aromatic carbocycles. The van der Waals surface area contributed by atoms with Crippen molar-refractivity contribution < 1.29 is 17.9 Å². The number of nitrogens with one attached hydrogen (secondary N) is 1. The highest BCUT2D eigenvalue weighted by Crippen LogP contribution is 2.26. The molecular formula is C22H30N2O4S. The Bertz CT molecular complexity index is 920. The van der Waals surface area contributed by atoms with E-state index in [1.54, 1.807) is 21.0 Å². The van der Waals surface area contributed by atoms with Crippen LogP contribution < -0.4 is 5.32 Å². The molecule has 0 bridgehead atoms. The molecule has 29 heavy (non-hydrogen) atoms. The van der Waals surface area contributed by atoms with Gasteiger partial charge in [-0.05, 0) is 44.4 Å². The Morgan fingerprint density at radius 1 is 1.10 bits per heavy atom. The van der Waals surface area contributed by atoms with E-state index in [1.165, 1.54) is 4.31 Å². The monoisotopic (exact) mass is 418 g/mol. The van der Waals surface area contributed by atoms with Gasteiger partial charge in [-0.3, -0.25) is 4.79 Å². The number of benzene rings is 2. The molecule has 0 saturated heterocycles. The molecule has 0 heterocycles. The first kappa shape index (κ1) is 23.1. The third-order valence-corrected chi connectivity index (χ3v) is 6.65. The Morgan fingerprint density at radius 3 is 2.24 bits per heavy atom. The zero-order chi connectivity index (χ0) is 21.6. The summed E-state index contributed by atoms with van der Waals surface area (Å²) in [7, 11) is -2.33. The number of methoxy groups -OCH3 is 1. The number of hydrogen-bond donors (Lipinski definition) is 1. The minimum absolute atomic E-state index is 0.113. The van der Waals surface area contributed by atoms with Crippen molar-refractivity contribution in [3.8, 4) is 0 Å². The van der Waals surface area contributed by atoms with E-state index in [0.29, 0.717) is 17.7 Å². The first-order valence-corrected chi connectivity index (χ1v) is 11.0.